The minimum Gasteiger partial charge on any atom is -0.481 e. The SMILES string of the molecule is CC(C)(CCNC(=O)C1CCC(CN)CC1)CCC(=O)O. The van der Waals surface area contributed by atoms with Crippen LogP contribution in [0.15, 0.2) is 0 Å². The van der Waals surface area contributed by atoms with Crippen molar-refractivity contribution in [2.75, 3.05) is 13.1 Å². The summed E-state index contributed by atoms with van der Waals surface area (Å²) in [5, 5.41) is 11.7. The van der Waals surface area contributed by atoms with E-state index >= 15 is 0 Å². The second kappa shape index (κ2) is 8.37. The van der Waals surface area contributed by atoms with Gasteiger partial charge in [-0.15, -0.1) is 0 Å². The van der Waals surface area contributed by atoms with Crippen molar-refractivity contribution in [1.29, 1.82) is 0 Å². The molecule has 122 valence electrons. The summed E-state index contributed by atoms with van der Waals surface area (Å²) < 4.78 is 0. The third-order valence-corrected chi connectivity index (χ3v) is 4.67. The molecule has 1 amide bonds. The maximum atomic E-state index is 12.1. The van der Waals surface area contributed by atoms with E-state index < -0.39 is 5.97 Å². The van der Waals surface area contributed by atoms with Gasteiger partial charge in [-0.2, -0.15) is 0 Å². The lowest BCUT2D eigenvalue weighted by atomic mass is 9.81. The van der Waals surface area contributed by atoms with Gasteiger partial charge in [-0.3, -0.25) is 9.59 Å². The summed E-state index contributed by atoms with van der Waals surface area (Å²) in [4.78, 5) is 22.7. The van der Waals surface area contributed by atoms with E-state index in [9.17, 15) is 9.59 Å². The molecule has 4 N–H and O–H groups in total. The number of carbonyl (C=O) groups excluding carboxylic acids is 1. The Morgan fingerprint density at radius 3 is 2.33 bits per heavy atom. The molecule has 0 aromatic heterocycles. The summed E-state index contributed by atoms with van der Waals surface area (Å²) in [6.07, 6.45) is 5.62. The number of aliphatic carboxylic acids is 1. The van der Waals surface area contributed by atoms with E-state index in [1.54, 1.807) is 0 Å². The van der Waals surface area contributed by atoms with E-state index in [0.29, 0.717) is 18.9 Å². The fourth-order valence-corrected chi connectivity index (χ4v) is 2.90. The minimum absolute atomic E-state index is 0.0527. The van der Waals surface area contributed by atoms with Crippen molar-refractivity contribution in [3.05, 3.63) is 0 Å². The molecule has 0 unspecified atom stereocenters. The smallest absolute Gasteiger partial charge is 0.303 e. The summed E-state index contributed by atoms with van der Waals surface area (Å²) in [5.74, 6) is 0.113. The van der Waals surface area contributed by atoms with E-state index in [1.165, 1.54) is 0 Å². The van der Waals surface area contributed by atoms with Crippen LogP contribution in [0.3, 0.4) is 0 Å². The highest BCUT2D eigenvalue weighted by Crippen LogP contribution is 2.29. The molecule has 0 atom stereocenters. The fraction of sp³-hybridized carbons (Fsp3) is 0.875. The van der Waals surface area contributed by atoms with Crippen molar-refractivity contribution in [2.24, 2.45) is 23.0 Å². The molecular weight excluding hydrogens is 268 g/mol. The Labute approximate surface area is 127 Å². The molecule has 0 radical (unpaired) electrons. The topological polar surface area (TPSA) is 92.4 Å². The zero-order chi connectivity index (χ0) is 15.9. The van der Waals surface area contributed by atoms with Crippen LogP contribution in [-0.2, 0) is 9.59 Å². The lowest BCUT2D eigenvalue weighted by Gasteiger charge is -2.28. The monoisotopic (exact) mass is 298 g/mol. The minimum atomic E-state index is -0.760. The van der Waals surface area contributed by atoms with E-state index in [4.69, 9.17) is 10.8 Å². The number of nitrogens with one attached hydrogen (secondary N) is 1. The quantitative estimate of drug-likeness (QED) is 0.640. The Balaban J connectivity index is 2.22. The number of carbonyl (C=O) groups is 2. The second-order valence-electron chi connectivity index (χ2n) is 7.05. The van der Waals surface area contributed by atoms with Crippen molar-refractivity contribution < 1.29 is 14.7 Å². The molecule has 0 bridgehead atoms. The highest BCUT2D eigenvalue weighted by molar-refractivity contribution is 5.78. The third kappa shape index (κ3) is 6.93. The zero-order valence-electron chi connectivity index (χ0n) is 13.4. The fourth-order valence-electron chi connectivity index (χ4n) is 2.90. The van der Waals surface area contributed by atoms with Gasteiger partial charge >= 0.3 is 5.97 Å². The van der Waals surface area contributed by atoms with E-state index in [0.717, 1.165) is 38.6 Å². The predicted octanol–water partition coefficient (Wildman–Crippen LogP) is 2.15. The molecule has 21 heavy (non-hydrogen) atoms. The van der Waals surface area contributed by atoms with Gasteiger partial charge in [-0.1, -0.05) is 13.8 Å². The lowest BCUT2D eigenvalue weighted by molar-refractivity contribution is -0.137. The molecule has 5 nitrogen and oxygen atoms in total. The van der Waals surface area contributed by atoms with Gasteiger partial charge in [-0.05, 0) is 56.4 Å². The van der Waals surface area contributed by atoms with Gasteiger partial charge in [0.05, 0.1) is 0 Å². The van der Waals surface area contributed by atoms with Crippen LogP contribution in [0.25, 0.3) is 0 Å². The highest BCUT2D eigenvalue weighted by Gasteiger charge is 2.26. The molecule has 0 aromatic rings. The Bertz CT molecular complexity index is 347. The molecule has 0 aliphatic heterocycles. The highest BCUT2D eigenvalue weighted by atomic mass is 16.4. The number of carboxylic acid groups (broad SMARTS) is 1. The standard InChI is InChI=1S/C16H30N2O3/c1-16(2,8-7-14(19)20)9-10-18-15(21)13-5-3-12(11-17)4-6-13/h12-13H,3-11,17H2,1-2H3,(H,18,21)(H,19,20). The van der Waals surface area contributed by atoms with Crippen LogP contribution < -0.4 is 11.1 Å². The van der Waals surface area contributed by atoms with Gasteiger partial charge < -0.3 is 16.2 Å². The Morgan fingerprint density at radius 2 is 1.81 bits per heavy atom. The summed E-state index contributed by atoms with van der Waals surface area (Å²) in [5.41, 5.74) is 5.61. The zero-order valence-corrected chi connectivity index (χ0v) is 13.4. The van der Waals surface area contributed by atoms with E-state index in [-0.39, 0.29) is 23.7 Å². The normalized spacial score (nSPS) is 22.8. The van der Waals surface area contributed by atoms with Crippen molar-refractivity contribution in [3.63, 3.8) is 0 Å². The Morgan fingerprint density at radius 1 is 1.19 bits per heavy atom. The number of carboxylic acids is 1. The maximum absolute atomic E-state index is 12.1. The van der Waals surface area contributed by atoms with Crippen LogP contribution in [0.4, 0.5) is 0 Å². The molecule has 0 heterocycles. The van der Waals surface area contributed by atoms with Gasteiger partial charge in [0, 0.05) is 18.9 Å². The Hall–Kier alpha value is -1.10. The van der Waals surface area contributed by atoms with Crippen LogP contribution >= 0.6 is 0 Å². The first-order valence-electron chi connectivity index (χ1n) is 8.03. The molecule has 0 aromatic carbocycles. The molecule has 1 saturated carbocycles. The third-order valence-electron chi connectivity index (χ3n) is 4.67. The van der Waals surface area contributed by atoms with Gasteiger partial charge in [0.25, 0.3) is 0 Å². The summed E-state index contributed by atoms with van der Waals surface area (Å²) in [6.45, 7) is 5.46. The molecule has 1 rings (SSSR count). The second-order valence-corrected chi connectivity index (χ2v) is 7.05. The predicted molar refractivity (Wildman–Crippen MR) is 82.8 cm³/mol. The number of amides is 1. The van der Waals surface area contributed by atoms with Crippen LogP contribution in [0, 0.1) is 17.3 Å². The summed E-state index contributed by atoms with van der Waals surface area (Å²) >= 11 is 0. The van der Waals surface area contributed by atoms with Crippen LogP contribution in [0.1, 0.15) is 58.8 Å². The van der Waals surface area contributed by atoms with Crippen LogP contribution in [-0.4, -0.2) is 30.1 Å². The average molecular weight is 298 g/mol. The largest absolute Gasteiger partial charge is 0.481 e. The molecular formula is C16H30N2O3. The van der Waals surface area contributed by atoms with Gasteiger partial charge in [0.2, 0.25) is 5.91 Å². The lowest BCUT2D eigenvalue weighted by Crippen LogP contribution is -2.36. The van der Waals surface area contributed by atoms with Crippen LogP contribution in [0.5, 0.6) is 0 Å². The number of hydrogen-bond donors (Lipinski definition) is 3. The first kappa shape index (κ1) is 18.0. The molecule has 5 heteroatoms. The van der Waals surface area contributed by atoms with E-state index in [1.807, 2.05) is 0 Å². The molecule has 0 saturated heterocycles. The molecule has 1 aliphatic rings. The van der Waals surface area contributed by atoms with Gasteiger partial charge in [-0.25, -0.2) is 0 Å². The molecule has 1 aliphatic carbocycles. The number of hydrogen-bond acceptors (Lipinski definition) is 3. The summed E-state index contributed by atoms with van der Waals surface area (Å²) in [6, 6.07) is 0. The molecule has 0 spiro atoms. The maximum Gasteiger partial charge on any atom is 0.303 e. The van der Waals surface area contributed by atoms with Crippen LogP contribution in [0.2, 0.25) is 0 Å². The molecule has 1 fully saturated rings. The van der Waals surface area contributed by atoms with Crippen molar-refractivity contribution >= 4 is 11.9 Å². The van der Waals surface area contributed by atoms with Gasteiger partial charge in [0.1, 0.15) is 0 Å². The number of nitrogens with two attached hydrogens (primary N) is 1. The van der Waals surface area contributed by atoms with Gasteiger partial charge in [0.15, 0.2) is 0 Å². The summed E-state index contributed by atoms with van der Waals surface area (Å²) in [7, 11) is 0. The first-order chi connectivity index (χ1) is 9.84. The number of rotatable bonds is 8. The average Bonchev–Trinajstić information content (AvgIpc) is 2.45. The van der Waals surface area contributed by atoms with Crippen molar-refractivity contribution in [3.8, 4) is 0 Å². The first-order valence-corrected chi connectivity index (χ1v) is 8.03. The van der Waals surface area contributed by atoms with Crippen molar-refractivity contribution in [2.45, 2.75) is 58.8 Å². The van der Waals surface area contributed by atoms with E-state index in [2.05, 4.69) is 19.2 Å². The Kier molecular flexibility index (Phi) is 7.15. The van der Waals surface area contributed by atoms with Crippen molar-refractivity contribution in [1.82, 2.24) is 5.32 Å².